The fourth-order valence-corrected chi connectivity index (χ4v) is 2.47. The molecule has 1 aliphatic rings. The van der Waals surface area contributed by atoms with Crippen LogP contribution in [0, 0.1) is 5.92 Å². The minimum Gasteiger partial charge on any atom is -0.383 e. The Hall–Kier alpha value is -1.59. The molecule has 1 atom stereocenters. The summed E-state index contributed by atoms with van der Waals surface area (Å²) in [6, 6.07) is 5.78. The molecule has 5 nitrogen and oxygen atoms in total. The first-order valence-electron chi connectivity index (χ1n) is 6.30. The second kappa shape index (κ2) is 5.59. The van der Waals surface area contributed by atoms with E-state index in [0.717, 1.165) is 37.6 Å². The van der Waals surface area contributed by atoms with Gasteiger partial charge in [-0.15, -0.1) is 0 Å². The molecule has 0 radical (unpaired) electrons. The van der Waals surface area contributed by atoms with Gasteiger partial charge in [-0.1, -0.05) is 17.7 Å². The van der Waals surface area contributed by atoms with Crippen LogP contribution in [-0.2, 0) is 4.74 Å². The Morgan fingerprint density at radius 3 is 3.16 bits per heavy atom. The van der Waals surface area contributed by atoms with Crippen molar-refractivity contribution < 1.29 is 4.74 Å². The molecule has 100 valence electrons. The Morgan fingerprint density at radius 1 is 1.47 bits per heavy atom. The van der Waals surface area contributed by atoms with Crippen molar-refractivity contribution in [2.75, 3.05) is 25.1 Å². The van der Waals surface area contributed by atoms with Crippen LogP contribution in [0.15, 0.2) is 30.9 Å². The highest BCUT2D eigenvalue weighted by atomic mass is 35.5. The molecule has 3 rings (SSSR count). The van der Waals surface area contributed by atoms with Gasteiger partial charge in [0.05, 0.1) is 17.3 Å². The maximum Gasteiger partial charge on any atom is 0.138 e. The molecule has 2 heterocycles. The number of halogens is 1. The second-order valence-electron chi connectivity index (χ2n) is 4.59. The Kier molecular flexibility index (Phi) is 3.66. The number of benzene rings is 1. The van der Waals surface area contributed by atoms with E-state index in [-0.39, 0.29) is 0 Å². The maximum absolute atomic E-state index is 6.26. The lowest BCUT2D eigenvalue weighted by molar-refractivity contribution is 0.187. The minimum atomic E-state index is 0.558. The van der Waals surface area contributed by atoms with E-state index in [1.807, 2.05) is 18.2 Å². The third-order valence-electron chi connectivity index (χ3n) is 3.24. The van der Waals surface area contributed by atoms with Crippen LogP contribution in [0.2, 0.25) is 5.02 Å². The summed E-state index contributed by atoms with van der Waals surface area (Å²) in [6.07, 6.45) is 4.25. The van der Waals surface area contributed by atoms with Gasteiger partial charge < -0.3 is 10.1 Å². The van der Waals surface area contributed by atoms with Crippen molar-refractivity contribution >= 4 is 17.3 Å². The van der Waals surface area contributed by atoms with Gasteiger partial charge in [-0.2, -0.15) is 5.10 Å². The van der Waals surface area contributed by atoms with Gasteiger partial charge in [0, 0.05) is 19.1 Å². The number of aromatic nitrogens is 3. The lowest BCUT2D eigenvalue weighted by Crippen LogP contribution is -2.15. The van der Waals surface area contributed by atoms with E-state index >= 15 is 0 Å². The molecule has 0 saturated carbocycles. The third-order valence-corrected chi connectivity index (χ3v) is 3.54. The normalized spacial score (nSPS) is 18.7. The number of hydrogen-bond donors (Lipinski definition) is 1. The molecule has 1 aromatic carbocycles. The second-order valence-corrected chi connectivity index (χ2v) is 4.99. The molecule has 2 aromatic rings. The van der Waals surface area contributed by atoms with Crippen LogP contribution < -0.4 is 5.32 Å². The van der Waals surface area contributed by atoms with E-state index in [0.29, 0.717) is 10.9 Å². The molecule has 19 heavy (non-hydrogen) atoms. The number of nitrogens with zero attached hydrogens (tertiary/aromatic N) is 3. The van der Waals surface area contributed by atoms with Gasteiger partial charge in [-0.05, 0) is 18.6 Å². The van der Waals surface area contributed by atoms with Crippen molar-refractivity contribution in [3.05, 3.63) is 35.9 Å². The molecule has 0 spiro atoms. The molecule has 0 bridgehead atoms. The first-order valence-corrected chi connectivity index (χ1v) is 6.67. The van der Waals surface area contributed by atoms with Gasteiger partial charge in [0.25, 0.3) is 0 Å². The van der Waals surface area contributed by atoms with Crippen molar-refractivity contribution in [3.8, 4) is 5.69 Å². The van der Waals surface area contributed by atoms with Gasteiger partial charge >= 0.3 is 0 Å². The molecular formula is C13H15ClN4O. The summed E-state index contributed by atoms with van der Waals surface area (Å²) in [5, 5.41) is 8.23. The zero-order valence-corrected chi connectivity index (χ0v) is 11.2. The Labute approximate surface area is 116 Å². The fraction of sp³-hybridized carbons (Fsp3) is 0.385. The van der Waals surface area contributed by atoms with Crippen LogP contribution in [0.1, 0.15) is 6.42 Å². The number of anilines is 1. The Balaban J connectivity index is 1.82. The Bertz CT molecular complexity index is 538. The number of ether oxygens (including phenoxy) is 1. The SMILES string of the molecule is Clc1cccc(NCC2CCOC2)c1-n1cncn1. The Morgan fingerprint density at radius 2 is 2.42 bits per heavy atom. The molecule has 1 aliphatic heterocycles. The average Bonchev–Trinajstić information content (AvgIpc) is 3.09. The molecule has 0 aliphatic carbocycles. The molecule has 6 heteroatoms. The molecule has 1 unspecified atom stereocenters. The van der Waals surface area contributed by atoms with Crippen molar-refractivity contribution in [2.24, 2.45) is 5.92 Å². The minimum absolute atomic E-state index is 0.558. The van der Waals surface area contributed by atoms with Crippen LogP contribution in [0.4, 0.5) is 5.69 Å². The van der Waals surface area contributed by atoms with Crippen LogP contribution in [0.5, 0.6) is 0 Å². The predicted octanol–water partition coefficient (Wildman–Crippen LogP) is 2.37. The van der Waals surface area contributed by atoms with E-state index in [9.17, 15) is 0 Å². The van der Waals surface area contributed by atoms with Crippen molar-refractivity contribution in [1.29, 1.82) is 0 Å². The van der Waals surface area contributed by atoms with Crippen LogP contribution in [0.25, 0.3) is 5.69 Å². The largest absolute Gasteiger partial charge is 0.383 e. The van der Waals surface area contributed by atoms with E-state index in [1.54, 1.807) is 11.0 Å². The number of rotatable bonds is 4. The van der Waals surface area contributed by atoms with Gasteiger partial charge in [0.1, 0.15) is 18.3 Å². The zero-order valence-electron chi connectivity index (χ0n) is 10.4. The van der Waals surface area contributed by atoms with Gasteiger partial charge in [0.2, 0.25) is 0 Å². The molecule has 0 amide bonds. The van der Waals surface area contributed by atoms with E-state index in [2.05, 4.69) is 15.4 Å². The summed E-state index contributed by atoms with van der Waals surface area (Å²) < 4.78 is 7.05. The number of para-hydroxylation sites is 1. The van der Waals surface area contributed by atoms with Crippen LogP contribution in [0.3, 0.4) is 0 Å². The van der Waals surface area contributed by atoms with Crippen LogP contribution >= 0.6 is 11.6 Å². The molecule has 1 N–H and O–H groups in total. The van der Waals surface area contributed by atoms with Gasteiger partial charge in [-0.25, -0.2) is 9.67 Å². The topological polar surface area (TPSA) is 52.0 Å². The number of hydrogen-bond acceptors (Lipinski definition) is 4. The maximum atomic E-state index is 6.26. The fourth-order valence-electron chi connectivity index (χ4n) is 2.21. The lowest BCUT2D eigenvalue weighted by Gasteiger charge is -2.15. The van der Waals surface area contributed by atoms with Crippen molar-refractivity contribution in [1.82, 2.24) is 14.8 Å². The summed E-state index contributed by atoms with van der Waals surface area (Å²) in [5.41, 5.74) is 1.80. The standard InChI is InChI=1S/C13H15ClN4O/c14-11-2-1-3-12(13(11)18-9-15-8-17-18)16-6-10-4-5-19-7-10/h1-3,8-10,16H,4-7H2. The summed E-state index contributed by atoms with van der Waals surface area (Å²) in [4.78, 5) is 3.96. The molecule has 1 saturated heterocycles. The average molecular weight is 279 g/mol. The van der Waals surface area contributed by atoms with Gasteiger partial charge in [0.15, 0.2) is 0 Å². The van der Waals surface area contributed by atoms with Crippen LogP contribution in [-0.4, -0.2) is 34.5 Å². The smallest absolute Gasteiger partial charge is 0.138 e. The van der Waals surface area contributed by atoms with E-state index in [1.165, 1.54) is 6.33 Å². The molecule has 1 fully saturated rings. The predicted molar refractivity (Wildman–Crippen MR) is 73.8 cm³/mol. The highest BCUT2D eigenvalue weighted by Crippen LogP contribution is 2.28. The quantitative estimate of drug-likeness (QED) is 0.933. The van der Waals surface area contributed by atoms with Crippen molar-refractivity contribution in [2.45, 2.75) is 6.42 Å². The third kappa shape index (κ3) is 2.72. The number of nitrogens with one attached hydrogen (secondary N) is 1. The monoisotopic (exact) mass is 278 g/mol. The first-order chi connectivity index (χ1) is 9.34. The first kappa shape index (κ1) is 12.4. The summed E-state index contributed by atoms with van der Waals surface area (Å²) in [6.45, 7) is 2.56. The molecular weight excluding hydrogens is 264 g/mol. The highest BCUT2D eigenvalue weighted by molar-refractivity contribution is 6.33. The summed E-state index contributed by atoms with van der Waals surface area (Å²) in [7, 11) is 0. The van der Waals surface area contributed by atoms with Gasteiger partial charge in [-0.3, -0.25) is 0 Å². The zero-order chi connectivity index (χ0) is 13.1. The van der Waals surface area contributed by atoms with E-state index < -0.39 is 0 Å². The summed E-state index contributed by atoms with van der Waals surface area (Å²) >= 11 is 6.26. The lowest BCUT2D eigenvalue weighted by atomic mass is 10.1. The highest BCUT2D eigenvalue weighted by Gasteiger charge is 2.16. The summed E-state index contributed by atoms with van der Waals surface area (Å²) in [5.74, 6) is 0.558. The van der Waals surface area contributed by atoms with E-state index in [4.69, 9.17) is 16.3 Å². The van der Waals surface area contributed by atoms with Crippen molar-refractivity contribution in [3.63, 3.8) is 0 Å². The molecule has 1 aromatic heterocycles.